The molecular formula is C14H24N2O4. The van der Waals surface area contributed by atoms with Gasteiger partial charge in [0.2, 0.25) is 5.91 Å². The topological polar surface area (TPSA) is 76.7 Å². The number of rotatable bonds is 6. The number of carbonyl (C=O) groups is 2. The molecule has 4 atom stereocenters. The summed E-state index contributed by atoms with van der Waals surface area (Å²) >= 11 is 0. The average Bonchev–Trinajstić information content (AvgIpc) is 2.95. The van der Waals surface area contributed by atoms with Gasteiger partial charge in [-0.2, -0.15) is 0 Å². The van der Waals surface area contributed by atoms with Crippen molar-refractivity contribution < 1.29 is 19.1 Å². The molecule has 20 heavy (non-hydrogen) atoms. The monoisotopic (exact) mass is 284 g/mol. The molecule has 4 unspecified atom stereocenters. The molecule has 0 aromatic rings. The second-order valence-corrected chi connectivity index (χ2v) is 5.54. The SMILES string of the molecule is CCOC1CNC(C(=O)NC2(C(=O)OC)CC2CC)C1. The number of esters is 1. The first-order chi connectivity index (χ1) is 9.57. The molecule has 1 heterocycles. The maximum absolute atomic E-state index is 12.3. The highest BCUT2D eigenvalue weighted by Gasteiger charge is 2.61. The first-order valence-electron chi connectivity index (χ1n) is 7.32. The maximum atomic E-state index is 12.3. The third-order valence-electron chi connectivity index (χ3n) is 4.30. The Morgan fingerprint density at radius 2 is 2.15 bits per heavy atom. The van der Waals surface area contributed by atoms with Crippen molar-refractivity contribution >= 4 is 11.9 Å². The van der Waals surface area contributed by atoms with E-state index in [1.165, 1.54) is 7.11 Å². The summed E-state index contributed by atoms with van der Waals surface area (Å²) in [7, 11) is 1.36. The molecule has 114 valence electrons. The molecule has 2 rings (SSSR count). The highest BCUT2D eigenvalue weighted by atomic mass is 16.5. The lowest BCUT2D eigenvalue weighted by Gasteiger charge is -2.19. The fraction of sp³-hybridized carbons (Fsp3) is 0.857. The fourth-order valence-electron chi connectivity index (χ4n) is 3.03. The smallest absolute Gasteiger partial charge is 0.331 e. The van der Waals surface area contributed by atoms with Crippen molar-refractivity contribution in [2.45, 2.75) is 50.8 Å². The molecule has 1 aliphatic carbocycles. The minimum absolute atomic E-state index is 0.0750. The summed E-state index contributed by atoms with van der Waals surface area (Å²) < 4.78 is 10.3. The van der Waals surface area contributed by atoms with Crippen LogP contribution in [0.1, 0.15) is 33.1 Å². The number of methoxy groups -OCH3 is 1. The van der Waals surface area contributed by atoms with E-state index in [1.807, 2.05) is 13.8 Å². The van der Waals surface area contributed by atoms with Crippen LogP contribution in [-0.4, -0.2) is 49.8 Å². The maximum Gasteiger partial charge on any atom is 0.331 e. The van der Waals surface area contributed by atoms with Gasteiger partial charge in [0.05, 0.1) is 19.3 Å². The van der Waals surface area contributed by atoms with Gasteiger partial charge in [-0.05, 0) is 25.7 Å². The lowest BCUT2D eigenvalue weighted by atomic mass is 10.1. The largest absolute Gasteiger partial charge is 0.467 e. The van der Waals surface area contributed by atoms with Crippen molar-refractivity contribution in [2.75, 3.05) is 20.3 Å². The van der Waals surface area contributed by atoms with Crippen LogP contribution in [-0.2, 0) is 19.1 Å². The quantitative estimate of drug-likeness (QED) is 0.682. The molecule has 0 radical (unpaired) electrons. The van der Waals surface area contributed by atoms with Crippen molar-refractivity contribution in [2.24, 2.45) is 5.92 Å². The molecular weight excluding hydrogens is 260 g/mol. The second kappa shape index (κ2) is 6.10. The van der Waals surface area contributed by atoms with Crippen molar-refractivity contribution in [1.29, 1.82) is 0 Å². The normalized spacial score (nSPS) is 35.6. The molecule has 6 nitrogen and oxygen atoms in total. The van der Waals surface area contributed by atoms with E-state index in [4.69, 9.17) is 9.47 Å². The van der Waals surface area contributed by atoms with Crippen LogP contribution in [0.3, 0.4) is 0 Å². The van der Waals surface area contributed by atoms with Gasteiger partial charge in [0.25, 0.3) is 0 Å². The molecule has 1 amide bonds. The fourth-order valence-corrected chi connectivity index (χ4v) is 3.03. The van der Waals surface area contributed by atoms with Crippen molar-refractivity contribution in [3.63, 3.8) is 0 Å². The lowest BCUT2D eigenvalue weighted by Crippen LogP contribution is -2.51. The van der Waals surface area contributed by atoms with Crippen molar-refractivity contribution in [1.82, 2.24) is 10.6 Å². The van der Waals surface area contributed by atoms with Crippen LogP contribution in [0.4, 0.5) is 0 Å². The van der Waals surface area contributed by atoms with Gasteiger partial charge in [0.15, 0.2) is 0 Å². The van der Waals surface area contributed by atoms with E-state index in [9.17, 15) is 9.59 Å². The number of carbonyl (C=O) groups excluding carboxylic acids is 2. The Labute approximate surface area is 119 Å². The van der Waals surface area contributed by atoms with Crippen LogP contribution < -0.4 is 10.6 Å². The Kier molecular flexibility index (Phi) is 4.65. The van der Waals surface area contributed by atoms with E-state index in [2.05, 4.69) is 10.6 Å². The molecule has 1 saturated carbocycles. The van der Waals surface area contributed by atoms with E-state index in [0.29, 0.717) is 26.0 Å². The standard InChI is InChI=1S/C14H24N2O4/c1-4-9-7-14(9,13(18)19-3)16-12(17)11-6-10(8-15-11)20-5-2/h9-11,15H,4-8H2,1-3H3,(H,16,17). The molecule has 6 heteroatoms. The molecule has 1 saturated heterocycles. The van der Waals surface area contributed by atoms with Crippen molar-refractivity contribution in [3.05, 3.63) is 0 Å². The molecule has 0 aromatic heterocycles. The van der Waals surface area contributed by atoms with Crippen LogP contribution in [0, 0.1) is 5.92 Å². The molecule has 2 aliphatic rings. The summed E-state index contributed by atoms with van der Waals surface area (Å²) in [5.74, 6) is -0.284. The third-order valence-corrected chi connectivity index (χ3v) is 4.30. The summed E-state index contributed by atoms with van der Waals surface area (Å²) in [6.45, 7) is 5.27. The Morgan fingerprint density at radius 1 is 1.40 bits per heavy atom. The molecule has 0 spiro atoms. The lowest BCUT2D eigenvalue weighted by molar-refractivity contribution is -0.147. The van der Waals surface area contributed by atoms with Crippen LogP contribution in [0.15, 0.2) is 0 Å². The number of hydrogen-bond donors (Lipinski definition) is 2. The zero-order valence-electron chi connectivity index (χ0n) is 12.4. The Balaban J connectivity index is 1.92. The minimum atomic E-state index is -0.800. The number of amides is 1. The first kappa shape index (κ1) is 15.3. The zero-order valence-corrected chi connectivity index (χ0v) is 12.4. The van der Waals surface area contributed by atoms with E-state index in [0.717, 1.165) is 6.42 Å². The molecule has 2 fully saturated rings. The van der Waals surface area contributed by atoms with Gasteiger partial charge in [-0.1, -0.05) is 13.3 Å². The highest BCUT2D eigenvalue weighted by molar-refractivity contribution is 5.93. The summed E-state index contributed by atoms with van der Waals surface area (Å²) in [5, 5.41) is 6.03. The van der Waals surface area contributed by atoms with Gasteiger partial charge in [0.1, 0.15) is 5.54 Å². The molecule has 0 aromatic carbocycles. The number of ether oxygens (including phenoxy) is 2. The second-order valence-electron chi connectivity index (χ2n) is 5.54. The average molecular weight is 284 g/mol. The predicted molar refractivity (Wildman–Crippen MR) is 73.1 cm³/mol. The summed E-state index contributed by atoms with van der Waals surface area (Å²) in [6.07, 6.45) is 2.25. The van der Waals surface area contributed by atoms with Crippen LogP contribution in [0.2, 0.25) is 0 Å². The van der Waals surface area contributed by atoms with Crippen LogP contribution in [0.5, 0.6) is 0 Å². The Bertz CT molecular complexity index is 387. The molecule has 2 N–H and O–H groups in total. The summed E-state index contributed by atoms with van der Waals surface area (Å²) in [6, 6.07) is -0.286. The predicted octanol–water partition coefficient (Wildman–Crippen LogP) is 0.211. The van der Waals surface area contributed by atoms with E-state index in [-0.39, 0.29) is 29.9 Å². The highest BCUT2D eigenvalue weighted by Crippen LogP contribution is 2.46. The van der Waals surface area contributed by atoms with Gasteiger partial charge in [-0.3, -0.25) is 4.79 Å². The molecule has 0 bridgehead atoms. The van der Waals surface area contributed by atoms with Crippen LogP contribution in [0.25, 0.3) is 0 Å². The van der Waals surface area contributed by atoms with E-state index < -0.39 is 5.54 Å². The number of nitrogens with one attached hydrogen (secondary N) is 2. The summed E-state index contributed by atoms with van der Waals surface area (Å²) in [4.78, 5) is 24.2. The van der Waals surface area contributed by atoms with Crippen LogP contribution >= 0.6 is 0 Å². The van der Waals surface area contributed by atoms with Gasteiger partial charge in [-0.15, -0.1) is 0 Å². The third kappa shape index (κ3) is 2.81. The van der Waals surface area contributed by atoms with Gasteiger partial charge in [0, 0.05) is 13.2 Å². The van der Waals surface area contributed by atoms with Crippen molar-refractivity contribution in [3.8, 4) is 0 Å². The first-order valence-corrected chi connectivity index (χ1v) is 7.32. The van der Waals surface area contributed by atoms with Gasteiger partial charge < -0.3 is 20.1 Å². The van der Waals surface area contributed by atoms with Gasteiger partial charge >= 0.3 is 5.97 Å². The van der Waals surface area contributed by atoms with E-state index >= 15 is 0 Å². The summed E-state index contributed by atoms with van der Waals surface area (Å²) in [5.41, 5.74) is -0.800. The van der Waals surface area contributed by atoms with Gasteiger partial charge in [-0.25, -0.2) is 4.79 Å². The Morgan fingerprint density at radius 3 is 2.70 bits per heavy atom. The molecule has 1 aliphatic heterocycles. The minimum Gasteiger partial charge on any atom is -0.467 e. The van der Waals surface area contributed by atoms with E-state index in [1.54, 1.807) is 0 Å². The number of hydrogen-bond acceptors (Lipinski definition) is 5. The Hall–Kier alpha value is -1.14. The zero-order chi connectivity index (χ0) is 14.8.